The molecule has 11 nitrogen and oxygen atoms in total. The first-order valence-corrected chi connectivity index (χ1v) is 14.0. The van der Waals surface area contributed by atoms with Crippen molar-refractivity contribution in [2.45, 2.75) is 65.3 Å². The maximum atomic E-state index is 13.8. The van der Waals surface area contributed by atoms with Crippen LogP contribution in [0, 0.1) is 5.92 Å². The fourth-order valence-corrected chi connectivity index (χ4v) is 5.55. The lowest BCUT2D eigenvalue weighted by Gasteiger charge is -2.42. The third-order valence-electron chi connectivity index (χ3n) is 7.58. The van der Waals surface area contributed by atoms with Crippen molar-refractivity contribution < 1.29 is 23.8 Å². The van der Waals surface area contributed by atoms with E-state index in [1.165, 1.54) is 16.3 Å². The molecule has 42 heavy (non-hydrogen) atoms. The van der Waals surface area contributed by atoms with Gasteiger partial charge in [0, 0.05) is 17.2 Å². The number of aromatic nitrogens is 3. The Bertz CT molecular complexity index is 1670. The molecule has 0 radical (unpaired) electrons. The Balaban J connectivity index is 1.42. The van der Waals surface area contributed by atoms with E-state index in [1.807, 2.05) is 39.8 Å². The fraction of sp³-hybridized carbons (Fsp3) is 0.419. The molecular formula is C31H36N4O7. The van der Waals surface area contributed by atoms with Crippen LogP contribution in [0.4, 0.5) is 0 Å². The molecule has 1 unspecified atom stereocenters. The van der Waals surface area contributed by atoms with Gasteiger partial charge in [0.15, 0.2) is 5.78 Å². The summed E-state index contributed by atoms with van der Waals surface area (Å²) in [4.78, 5) is 51.1. The molecule has 3 aromatic rings. The van der Waals surface area contributed by atoms with Crippen LogP contribution in [0.1, 0.15) is 63.0 Å². The SMILES string of the molecule is CC(=O)c1ccc(-n2c(=O)n3n(c2=O)C2C(=CC3)C(C)(C)Oc3cc(OCCOC(=O)[C@@H](N)CC(C)C)ccc32)cc1. The standard InChI is InChI=1S/C31H36N4O7/c1-18(2)16-25(32)28(37)41-15-14-40-22-10-11-23-26(17-22)42-31(4,5)24-12-13-33-29(38)34(30(39)35(33)27(23)24)21-8-6-20(7-9-21)19(3)36/h6-12,17-18,25,27H,13-16,32H2,1-5H3/t25-,27?/m0/s1. The number of fused-ring (bicyclic) bond motifs is 5. The highest BCUT2D eigenvalue weighted by atomic mass is 16.6. The summed E-state index contributed by atoms with van der Waals surface area (Å²) in [5.74, 6) is 0.737. The van der Waals surface area contributed by atoms with Crippen LogP contribution in [0.15, 0.2) is 63.7 Å². The quantitative estimate of drug-likeness (QED) is 0.178. The van der Waals surface area contributed by atoms with Gasteiger partial charge in [-0.05, 0) is 75.1 Å². The van der Waals surface area contributed by atoms with Crippen molar-refractivity contribution in [1.29, 1.82) is 0 Å². The molecule has 0 bridgehead atoms. The van der Waals surface area contributed by atoms with Gasteiger partial charge in [0.1, 0.15) is 42.4 Å². The molecule has 0 fully saturated rings. The molecule has 5 rings (SSSR count). The summed E-state index contributed by atoms with van der Waals surface area (Å²) < 4.78 is 21.4. The van der Waals surface area contributed by atoms with E-state index in [4.69, 9.17) is 19.9 Å². The Hall–Kier alpha value is -4.38. The van der Waals surface area contributed by atoms with Crippen LogP contribution in [-0.2, 0) is 16.1 Å². The molecular weight excluding hydrogens is 540 g/mol. The first kappa shape index (κ1) is 29.1. The lowest BCUT2D eigenvalue weighted by Crippen LogP contribution is -2.46. The lowest BCUT2D eigenvalue weighted by molar-refractivity contribution is -0.146. The molecule has 2 N–H and O–H groups in total. The number of benzene rings is 2. The van der Waals surface area contributed by atoms with Crippen LogP contribution in [0.25, 0.3) is 5.69 Å². The van der Waals surface area contributed by atoms with E-state index in [0.717, 1.165) is 10.1 Å². The zero-order valence-electron chi connectivity index (χ0n) is 24.5. The largest absolute Gasteiger partial charge is 0.490 e. The number of carbonyl (C=O) groups excluding carboxylic acids is 2. The zero-order valence-corrected chi connectivity index (χ0v) is 24.5. The van der Waals surface area contributed by atoms with Gasteiger partial charge in [0.25, 0.3) is 0 Å². The predicted molar refractivity (Wildman–Crippen MR) is 156 cm³/mol. The third-order valence-corrected chi connectivity index (χ3v) is 7.58. The summed E-state index contributed by atoms with van der Waals surface area (Å²) in [7, 11) is 0. The average molecular weight is 577 g/mol. The minimum atomic E-state index is -0.773. The summed E-state index contributed by atoms with van der Waals surface area (Å²) in [6.07, 6.45) is 2.47. The van der Waals surface area contributed by atoms with Gasteiger partial charge in [-0.1, -0.05) is 19.9 Å². The Morgan fingerprint density at radius 2 is 1.79 bits per heavy atom. The molecule has 1 aromatic heterocycles. The molecule has 222 valence electrons. The number of esters is 1. The summed E-state index contributed by atoms with van der Waals surface area (Å²) in [6, 6.07) is 10.5. The van der Waals surface area contributed by atoms with Crippen molar-refractivity contribution in [3.63, 3.8) is 0 Å². The highest BCUT2D eigenvalue weighted by Gasteiger charge is 2.44. The van der Waals surface area contributed by atoms with Crippen LogP contribution < -0.4 is 26.6 Å². The fourth-order valence-electron chi connectivity index (χ4n) is 5.55. The van der Waals surface area contributed by atoms with Gasteiger partial charge in [-0.25, -0.2) is 23.5 Å². The number of rotatable bonds is 9. The van der Waals surface area contributed by atoms with Gasteiger partial charge >= 0.3 is 17.3 Å². The zero-order chi connectivity index (χ0) is 30.3. The first-order valence-electron chi connectivity index (χ1n) is 14.0. The third kappa shape index (κ3) is 5.32. The van der Waals surface area contributed by atoms with E-state index in [1.54, 1.807) is 36.4 Å². The van der Waals surface area contributed by atoms with E-state index >= 15 is 0 Å². The van der Waals surface area contributed by atoms with Crippen LogP contribution in [-0.4, -0.2) is 50.5 Å². The summed E-state index contributed by atoms with van der Waals surface area (Å²) >= 11 is 0. The first-order chi connectivity index (χ1) is 19.9. The normalized spacial score (nSPS) is 17.3. The lowest BCUT2D eigenvalue weighted by atomic mass is 9.83. The van der Waals surface area contributed by atoms with Crippen molar-refractivity contribution >= 4 is 11.8 Å². The Labute approximate surface area is 243 Å². The van der Waals surface area contributed by atoms with Crippen LogP contribution in [0.5, 0.6) is 11.5 Å². The average Bonchev–Trinajstić information content (AvgIpc) is 3.19. The Morgan fingerprint density at radius 1 is 1.07 bits per heavy atom. The molecule has 0 saturated carbocycles. The van der Waals surface area contributed by atoms with Crippen molar-refractivity contribution in [3.8, 4) is 17.2 Å². The minimum absolute atomic E-state index is 0.0478. The highest BCUT2D eigenvalue weighted by molar-refractivity contribution is 5.94. The molecule has 2 aromatic carbocycles. The van der Waals surface area contributed by atoms with Gasteiger partial charge < -0.3 is 19.9 Å². The van der Waals surface area contributed by atoms with E-state index in [0.29, 0.717) is 34.7 Å². The van der Waals surface area contributed by atoms with Crippen molar-refractivity contribution in [3.05, 3.63) is 86.2 Å². The molecule has 0 saturated heterocycles. The van der Waals surface area contributed by atoms with Crippen molar-refractivity contribution in [1.82, 2.24) is 13.9 Å². The highest BCUT2D eigenvalue weighted by Crippen LogP contribution is 2.47. The van der Waals surface area contributed by atoms with E-state index < -0.39 is 35.0 Å². The second kappa shape index (κ2) is 11.1. The van der Waals surface area contributed by atoms with E-state index in [2.05, 4.69) is 0 Å². The molecule has 0 aliphatic carbocycles. The number of ketones is 1. The Kier molecular flexibility index (Phi) is 7.72. The predicted octanol–water partition coefficient (Wildman–Crippen LogP) is 3.00. The molecule has 2 aliphatic rings. The molecule has 2 atom stereocenters. The maximum Gasteiger partial charge on any atom is 0.352 e. The minimum Gasteiger partial charge on any atom is -0.490 e. The van der Waals surface area contributed by atoms with Gasteiger partial charge in [0.05, 0.1) is 12.2 Å². The monoisotopic (exact) mass is 576 g/mol. The van der Waals surface area contributed by atoms with Crippen LogP contribution >= 0.6 is 0 Å². The van der Waals surface area contributed by atoms with E-state index in [-0.39, 0.29) is 31.5 Å². The number of nitrogens with zero attached hydrogens (tertiary/aromatic N) is 3. The van der Waals surface area contributed by atoms with Gasteiger partial charge in [0.2, 0.25) is 0 Å². The number of Topliss-reactive ketones (excluding diaryl/α,β-unsaturated/α-hetero) is 1. The van der Waals surface area contributed by atoms with Crippen molar-refractivity contribution in [2.24, 2.45) is 11.7 Å². The second-order valence-corrected chi connectivity index (χ2v) is 11.6. The second-order valence-electron chi connectivity index (χ2n) is 11.6. The molecule has 2 aliphatic heterocycles. The summed E-state index contributed by atoms with van der Waals surface area (Å²) in [6.45, 7) is 9.65. The van der Waals surface area contributed by atoms with Crippen LogP contribution in [0.3, 0.4) is 0 Å². The Morgan fingerprint density at radius 3 is 2.45 bits per heavy atom. The summed E-state index contributed by atoms with van der Waals surface area (Å²) in [5.41, 5.74) is 6.58. The molecule has 3 heterocycles. The van der Waals surface area contributed by atoms with Gasteiger partial charge in [-0.3, -0.25) is 9.59 Å². The number of allylic oxidation sites excluding steroid dienone is 1. The topological polar surface area (TPSA) is 137 Å². The van der Waals surface area contributed by atoms with Gasteiger partial charge in [-0.15, -0.1) is 0 Å². The maximum absolute atomic E-state index is 13.8. The number of carbonyl (C=O) groups is 2. The molecule has 0 amide bonds. The van der Waals surface area contributed by atoms with Crippen molar-refractivity contribution in [2.75, 3.05) is 13.2 Å². The number of nitrogens with two attached hydrogens (primary N) is 1. The smallest absolute Gasteiger partial charge is 0.352 e. The van der Waals surface area contributed by atoms with Gasteiger partial charge in [-0.2, -0.15) is 0 Å². The number of hydrogen-bond donors (Lipinski definition) is 1. The number of ether oxygens (including phenoxy) is 3. The van der Waals surface area contributed by atoms with Crippen LogP contribution in [0.2, 0.25) is 0 Å². The number of hydrogen-bond acceptors (Lipinski definition) is 8. The molecule has 11 heteroatoms. The molecule has 0 spiro atoms. The summed E-state index contributed by atoms with van der Waals surface area (Å²) in [5, 5.41) is 0. The van der Waals surface area contributed by atoms with E-state index in [9.17, 15) is 19.2 Å².